The third-order valence-corrected chi connectivity index (χ3v) is 2.96. The van der Waals surface area contributed by atoms with Crippen molar-refractivity contribution in [2.24, 2.45) is 0 Å². The van der Waals surface area contributed by atoms with Crippen LogP contribution in [0.2, 0.25) is 0 Å². The molecule has 0 spiro atoms. The quantitative estimate of drug-likeness (QED) is 0.698. The lowest BCUT2D eigenvalue weighted by Crippen LogP contribution is -2.07. The molecule has 0 saturated heterocycles. The smallest absolute Gasteiger partial charge is 0.122 e. The highest BCUT2D eigenvalue weighted by molar-refractivity contribution is 5.65. The van der Waals surface area contributed by atoms with E-state index >= 15 is 0 Å². The van der Waals surface area contributed by atoms with E-state index in [1.165, 1.54) is 16.7 Å². The third kappa shape index (κ3) is 1.69. The van der Waals surface area contributed by atoms with Crippen LogP contribution in [0, 0.1) is 6.07 Å². The van der Waals surface area contributed by atoms with Crippen molar-refractivity contribution in [2.75, 3.05) is 6.61 Å². The van der Waals surface area contributed by atoms with Crippen LogP contribution >= 0.6 is 0 Å². The van der Waals surface area contributed by atoms with Gasteiger partial charge in [0.1, 0.15) is 5.75 Å². The largest absolute Gasteiger partial charge is 0.493 e. The van der Waals surface area contributed by atoms with E-state index in [9.17, 15) is 0 Å². The zero-order chi connectivity index (χ0) is 10.8. The number of fused-ring (bicyclic) bond motifs is 1. The van der Waals surface area contributed by atoms with Crippen LogP contribution in [0.3, 0.4) is 0 Å². The lowest BCUT2D eigenvalue weighted by Gasteiger charge is -2.17. The van der Waals surface area contributed by atoms with Crippen molar-refractivity contribution < 1.29 is 4.74 Å². The van der Waals surface area contributed by atoms with E-state index in [0.717, 1.165) is 25.2 Å². The van der Waals surface area contributed by atoms with Gasteiger partial charge in [0, 0.05) is 0 Å². The van der Waals surface area contributed by atoms with E-state index in [-0.39, 0.29) is 0 Å². The Morgan fingerprint density at radius 1 is 1.00 bits per heavy atom. The fraction of sp³-hybridized carbons (Fsp3) is 0.200. The van der Waals surface area contributed by atoms with Gasteiger partial charge in [-0.3, -0.25) is 0 Å². The van der Waals surface area contributed by atoms with E-state index in [1.54, 1.807) is 0 Å². The van der Waals surface area contributed by atoms with Gasteiger partial charge in [-0.2, -0.15) is 0 Å². The third-order valence-electron chi connectivity index (χ3n) is 2.96. The molecule has 0 atom stereocenters. The molecule has 1 nitrogen and oxygen atoms in total. The summed E-state index contributed by atoms with van der Waals surface area (Å²) in [5.41, 5.74) is 3.84. The first kappa shape index (κ1) is 9.46. The van der Waals surface area contributed by atoms with E-state index in [0.29, 0.717) is 0 Å². The van der Waals surface area contributed by atoms with Crippen molar-refractivity contribution in [3.8, 4) is 16.9 Å². The summed E-state index contributed by atoms with van der Waals surface area (Å²) < 4.78 is 5.61. The van der Waals surface area contributed by atoms with E-state index in [2.05, 4.69) is 36.4 Å². The second-order valence-corrected chi connectivity index (χ2v) is 4.06. The molecule has 16 heavy (non-hydrogen) atoms. The van der Waals surface area contributed by atoms with Gasteiger partial charge in [-0.25, -0.2) is 0 Å². The van der Waals surface area contributed by atoms with Crippen LogP contribution in [0.4, 0.5) is 0 Å². The zero-order valence-electron chi connectivity index (χ0n) is 9.07. The molecule has 79 valence electrons. The number of aryl methyl sites for hydroxylation is 1. The summed E-state index contributed by atoms with van der Waals surface area (Å²) >= 11 is 0. The molecule has 0 N–H and O–H groups in total. The molecule has 1 heteroatoms. The van der Waals surface area contributed by atoms with E-state index in [4.69, 9.17) is 4.74 Å². The zero-order valence-corrected chi connectivity index (χ0v) is 9.07. The van der Waals surface area contributed by atoms with Crippen LogP contribution in [0.5, 0.6) is 5.75 Å². The average molecular weight is 209 g/mol. The van der Waals surface area contributed by atoms with Crippen LogP contribution < -0.4 is 4.74 Å². The van der Waals surface area contributed by atoms with Gasteiger partial charge in [-0.15, -0.1) is 0 Å². The highest BCUT2D eigenvalue weighted by Gasteiger charge is 2.10. The molecule has 0 unspecified atom stereocenters. The maximum atomic E-state index is 5.61. The molecule has 0 fully saturated rings. The minimum absolute atomic E-state index is 0.854. The number of hydrogen-bond acceptors (Lipinski definition) is 1. The van der Waals surface area contributed by atoms with Crippen molar-refractivity contribution >= 4 is 0 Å². The molecule has 0 aliphatic carbocycles. The molecular formula is C15H13O. The van der Waals surface area contributed by atoms with E-state index in [1.807, 2.05) is 12.1 Å². The summed E-state index contributed by atoms with van der Waals surface area (Å²) in [6, 6.07) is 17.6. The van der Waals surface area contributed by atoms with E-state index < -0.39 is 0 Å². The molecule has 2 aromatic carbocycles. The lowest BCUT2D eigenvalue weighted by molar-refractivity contribution is 0.288. The fourth-order valence-corrected chi connectivity index (χ4v) is 2.12. The Balaban J connectivity index is 2.03. The predicted octanol–water partition coefficient (Wildman–Crippen LogP) is 3.48. The molecule has 0 aromatic heterocycles. The van der Waals surface area contributed by atoms with Gasteiger partial charge in [0.25, 0.3) is 0 Å². The van der Waals surface area contributed by atoms with Crippen LogP contribution in [0.25, 0.3) is 11.1 Å². The van der Waals surface area contributed by atoms with Crippen molar-refractivity contribution in [2.45, 2.75) is 12.8 Å². The average Bonchev–Trinajstić information content (AvgIpc) is 2.39. The SMILES string of the molecule is [c]1ccc(-c2ccc3c(c2)CCCO3)cc1. The summed E-state index contributed by atoms with van der Waals surface area (Å²) in [6.45, 7) is 0.854. The standard InChI is InChI=1S/C15H13O/c1-2-5-12(6-3-1)13-8-9-15-14(11-13)7-4-10-16-15/h2-3,5-6,8-9,11H,4,7,10H2. The van der Waals surface area contributed by atoms with Crippen molar-refractivity contribution in [1.82, 2.24) is 0 Å². The first-order chi connectivity index (χ1) is 7.93. The number of benzene rings is 2. The second kappa shape index (κ2) is 4.01. The number of rotatable bonds is 1. The van der Waals surface area contributed by atoms with Gasteiger partial charge in [-0.1, -0.05) is 30.3 Å². The molecule has 1 aliphatic rings. The van der Waals surface area contributed by atoms with Gasteiger partial charge < -0.3 is 4.74 Å². The molecule has 1 radical (unpaired) electrons. The Bertz CT molecular complexity index is 488. The minimum Gasteiger partial charge on any atom is -0.493 e. The molecule has 0 saturated carbocycles. The number of ether oxygens (including phenoxy) is 1. The summed E-state index contributed by atoms with van der Waals surface area (Å²) in [6.07, 6.45) is 2.25. The van der Waals surface area contributed by atoms with Crippen LogP contribution in [-0.4, -0.2) is 6.61 Å². The van der Waals surface area contributed by atoms with Crippen molar-refractivity contribution in [1.29, 1.82) is 0 Å². The normalized spacial score (nSPS) is 14.0. The van der Waals surface area contributed by atoms with Gasteiger partial charge >= 0.3 is 0 Å². The Kier molecular flexibility index (Phi) is 2.37. The highest BCUT2D eigenvalue weighted by Crippen LogP contribution is 2.29. The predicted molar refractivity (Wildman–Crippen MR) is 64.5 cm³/mol. The minimum atomic E-state index is 0.854. The van der Waals surface area contributed by atoms with Crippen LogP contribution in [-0.2, 0) is 6.42 Å². The first-order valence-corrected chi connectivity index (χ1v) is 5.66. The summed E-state index contributed by atoms with van der Waals surface area (Å²) in [7, 11) is 0. The summed E-state index contributed by atoms with van der Waals surface area (Å²) in [5, 5.41) is 0. The summed E-state index contributed by atoms with van der Waals surface area (Å²) in [5.74, 6) is 1.05. The summed E-state index contributed by atoms with van der Waals surface area (Å²) in [4.78, 5) is 0. The Morgan fingerprint density at radius 3 is 2.75 bits per heavy atom. The Morgan fingerprint density at radius 2 is 1.88 bits per heavy atom. The maximum absolute atomic E-state index is 5.61. The van der Waals surface area contributed by atoms with Crippen LogP contribution in [0.15, 0.2) is 42.5 Å². The van der Waals surface area contributed by atoms with Gasteiger partial charge in [0.2, 0.25) is 0 Å². The maximum Gasteiger partial charge on any atom is 0.122 e. The van der Waals surface area contributed by atoms with Gasteiger partial charge in [0.15, 0.2) is 0 Å². The molecule has 1 heterocycles. The monoisotopic (exact) mass is 209 g/mol. The van der Waals surface area contributed by atoms with Crippen molar-refractivity contribution in [3.05, 3.63) is 54.1 Å². The lowest BCUT2D eigenvalue weighted by atomic mass is 9.99. The topological polar surface area (TPSA) is 9.23 Å². The van der Waals surface area contributed by atoms with Crippen molar-refractivity contribution in [3.63, 3.8) is 0 Å². The molecule has 0 bridgehead atoms. The molecule has 0 amide bonds. The molecule has 3 rings (SSSR count). The molecule has 2 aromatic rings. The second-order valence-electron chi connectivity index (χ2n) is 4.06. The number of hydrogen-bond donors (Lipinski definition) is 0. The first-order valence-electron chi connectivity index (χ1n) is 5.66. The molecular weight excluding hydrogens is 196 g/mol. The fourth-order valence-electron chi connectivity index (χ4n) is 2.12. The van der Waals surface area contributed by atoms with Gasteiger partial charge in [0.05, 0.1) is 6.61 Å². The Labute approximate surface area is 95.7 Å². The van der Waals surface area contributed by atoms with Gasteiger partial charge in [-0.05, 0) is 47.7 Å². The highest BCUT2D eigenvalue weighted by atomic mass is 16.5. The molecule has 1 aliphatic heterocycles. The van der Waals surface area contributed by atoms with Crippen LogP contribution in [0.1, 0.15) is 12.0 Å². The Hall–Kier alpha value is -1.76.